The standard InChI is InChI=1S/C18H30N2O2/c1-17(2,3)13-8-10-18(19,11-9-13)20-14-6-7-15(21-4)16(12-14)22-5/h6-7,12-13,20H,8-11,19H2,1-5H3. The Balaban J connectivity index is 2.05. The molecular formula is C18H30N2O2. The Kier molecular flexibility index (Phi) is 4.90. The molecule has 1 aromatic rings. The first-order chi connectivity index (χ1) is 10.3. The molecule has 0 unspecified atom stereocenters. The predicted molar refractivity (Wildman–Crippen MR) is 91.5 cm³/mol. The minimum Gasteiger partial charge on any atom is -0.493 e. The van der Waals surface area contributed by atoms with E-state index in [9.17, 15) is 0 Å². The van der Waals surface area contributed by atoms with Gasteiger partial charge in [0.2, 0.25) is 0 Å². The zero-order valence-electron chi connectivity index (χ0n) is 14.5. The molecule has 1 aromatic carbocycles. The van der Waals surface area contributed by atoms with Gasteiger partial charge < -0.3 is 20.5 Å². The number of nitrogens with two attached hydrogens (primary N) is 1. The number of hydrogen-bond acceptors (Lipinski definition) is 4. The molecular weight excluding hydrogens is 276 g/mol. The number of methoxy groups -OCH3 is 2. The van der Waals surface area contributed by atoms with Crippen molar-refractivity contribution in [1.82, 2.24) is 0 Å². The highest BCUT2D eigenvalue weighted by molar-refractivity contribution is 5.55. The molecule has 4 nitrogen and oxygen atoms in total. The minimum atomic E-state index is -0.332. The maximum atomic E-state index is 6.58. The molecule has 124 valence electrons. The van der Waals surface area contributed by atoms with Gasteiger partial charge in [0.1, 0.15) is 0 Å². The zero-order chi connectivity index (χ0) is 16.4. The van der Waals surface area contributed by atoms with Gasteiger partial charge >= 0.3 is 0 Å². The van der Waals surface area contributed by atoms with Crippen molar-refractivity contribution in [3.05, 3.63) is 18.2 Å². The number of benzene rings is 1. The van der Waals surface area contributed by atoms with Crippen LogP contribution in [-0.4, -0.2) is 19.9 Å². The van der Waals surface area contributed by atoms with Gasteiger partial charge in [0.05, 0.1) is 19.9 Å². The summed E-state index contributed by atoms with van der Waals surface area (Å²) in [5, 5.41) is 3.50. The smallest absolute Gasteiger partial charge is 0.162 e. The topological polar surface area (TPSA) is 56.5 Å². The van der Waals surface area contributed by atoms with Gasteiger partial charge in [0, 0.05) is 11.8 Å². The molecule has 0 amide bonds. The van der Waals surface area contributed by atoms with Crippen molar-refractivity contribution >= 4 is 5.69 Å². The lowest BCUT2D eigenvalue weighted by atomic mass is 9.70. The van der Waals surface area contributed by atoms with Crippen molar-refractivity contribution in [2.75, 3.05) is 19.5 Å². The van der Waals surface area contributed by atoms with Gasteiger partial charge in [0.25, 0.3) is 0 Å². The molecule has 0 saturated heterocycles. The predicted octanol–water partition coefficient (Wildman–Crippen LogP) is 4.01. The summed E-state index contributed by atoms with van der Waals surface area (Å²) in [7, 11) is 3.29. The maximum absolute atomic E-state index is 6.58. The van der Waals surface area contributed by atoms with Crippen LogP contribution in [0.2, 0.25) is 0 Å². The molecule has 3 N–H and O–H groups in total. The first kappa shape index (κ1) is 16.9. The van der Waals surface area contributed by atoms with E-state index in [1.165, 1.54) is 12.8 Å². The fraction of sp³-hybridized carbons (Fsp3) is 0.667. The molecule has 0 aromatic heterocycles. The summed E-state index contributed by atoms with van der Waals surface area (Å²) in [5.41, 5.74) is 7.59. The fourth-order valence-corrected chi connectivity index (χ4v) is 3.33. The second-order valence-corrected chi connectivity index (χ2v) is 7.49. The number of ether oxygens (including phenoxy) is 2. The summed E-state index contributed by atoms with van der Waals surface area (Å²) in [6, 6.07) is 5.85. The summed E-state index contributed by atoms with van der Waals surface area (Å²) in [4.78, 5) is 0. The van der Waals surface area contributed by atoms with Gasteiger partial charge in [-0.25, -0.2) is 0 Å². The van der Waals surface area contributed by atoms with Gasteiger partial charge in [-0.2, -0.15) is 0 Å². The molecule has 0 radical (unpaired) electrons. The third kappa shape index (κ3) is 3.86. The van der Waals surface area contributed by atoms with E-state index in [0.717, 1.165) is 35.9 Å². The lowest BCUT2D eigenvalue weighted by molar-refractivity contribution is 0.144. The molecule has 4 heteroatoms. The first-order valence-corrected chi connectivity index (χ1v) is 8.06. The highest BCUT2D eigenvalue weighted by atomic mass is 16.5. The van der Waals surface area contributed by atoms with Crippen LogP contribution >= 0.6 is 0 Å². The SMILES string of the molecule is COc1ccc(NC2(N)CCC(C(C)(C)C)CC2)cc1OC. The largest absolute Gasteiger partial charge is 0.493 e. The van der Waals surface area contributed by atoms with Crippen molar-refractivity contribution in [3.63, 3.8) is 0 Å². The minimum absolute atomic E-state index is 0.332. The van der Waals surface area contributed by atoms with Crippen LogP contribution in [0, 0.1) is 11.3 Å². The van der Waals surface area contributed by atoms with E-state index >= 15 is 0 Å². The summed E-state index contributed by atoms with van der Waals surface area (Å²) in [6.45, 7) is 6.97. The monoisotopic (exact) mass is 306 g/mol. The van der Waals surface area contributed by atoms with Crippen molar-refractivity contribution in [3.8, 4) is 11.5 Å². The Labute approximate surface area is 134 Å². The number of hydrogen-bond donors (Lipinski definition) is 2. The molecule has 1 aliphatic rings. The summed E-state index contributed by atoms with van der Waals surface area (Å²) in [5.74, 6) is 2.20. The second-order valence-electron chi connectivity index (χ2n) is 7.49. The van der Waals surface area contributed by atoms with Crippen LogP contribution in [0.3, 0.4) is 0 Å². The van der Waals surface area contributed by atoms with E-state index in [-0.39, 0.29) is 5.66 Å². The van der Waals surface area contributed by atoms with E-state index in [4.69, 9.17) is 15.2 Å². The van der Waals surface area contributed by atoms with Crippen LogP contribution < -0.4 is 20.5 Å². The third-order valence-corrected chi connectivity index (χ3v) is 4.88. The average Bonchev–Trinajstić information content (AvgIpc) is 2.46. The van der Waals surface area contributed by atoms with Crippen molar-refractivity contribution < 1.29 is 9.47 Å². The zero-order valence-corrected chi connectivity index (χ0v) is 14.5. The van der Waals surface area contributed by atoms with Crippen LogP contribution in [0.25, 0.3) is 0 Å². The van der Waals surface area contributed by atoms with Crippen molar-refractivity contribution in [2.45, 2.75) is 52.1 Å². The quantitative estimate of drug-likeness (QED) is 0.825. The average molecular weight is 306 g/mol. The molecule has 1 aliphatic carbocycles. The molecule has 2 rings (SSSR count). The normalized spacial score (nSPS) is 25.6. The van der Waals surface area contributed by atoms with Gasteiger partial charge in [-0.15, -0.1) is 0 Å². The maximum Gasteiger partial charge on any atom is 0.162 e. The Hall–Kier alpha value is -1.42. The molecule has 0 atom stereocenters. The number of nitrogens with one attached hydrogen (secondary N) is 1. The van der Waals surface area contributed by atoms with Gasteiger partial charge in [-0.3, -0.25) is 0 Å². The lowest BCUT2D eigenvalue weighted by Crippen LogP contribution is -2.51. The lowest BCUT2D eigenvalue weighted by Gasteiger charge is -2.43. The molecule has 0 heterocycles. The highest BCUT2D eigenvalue weighted by Gasteiger charge is 2.36. The van der Waals surface area contributed by atoms with Crippen LogP contribution in [0.4, 0.5) is 5.69 Å². The van der Waals surface area contributed by atoms with E-state index in [1.54, 1.807) is 14.2 Å². The number of rotatable bonds is 4. The van der Waals surface area contributed by atoms with Gasteiger partial charge in [0.15, 0.2) is 11.5 Å². The Morgan fingerprint density at radius 2 is 1.68 bits per heavy atom. The Morgan fingerprint density at radius 3 is 2.18 bits per heavy atom. The van der Waals surface area contributed by atoms with Gasteiger partial charge in [-0.1, -0.05) is 20.8 Å². The van der Waals surface area contributed by atoms with Crippen molar-refractivity contribution in [2.24, 2.45) is 17.1 Å². The van der Waals surface area contributed by atoms with E-state index in [1.807, 2.05) is 18.2 Å². The van der Waals surface area contributed by atoms with Crippen molar-refractivity contribution in [1.29, 1.82) is 0 Å². The molecule has 1 fully saturated rings. The van der Waals surface area contributed by atoms with Crippen LogP contribution in [-0.2, 0) is 0 Å². The Bertz CT molecular complexity index is 500. The summed E-state index contributed by atoms with van der Waals surface area (Å²) in [6.07, 6.45) is 4.31. The molecule has 0 spiro atoms. The van der Waals surface area contributed by atoms with Crippen LogP contribution in [0.15, 0.2) is 18.2 Å². The molecule has 22 heavy (non-hydrogen) atoms. The number of anilines is 1. The molecule has 1 saturated carbocycles. The third-order valence-electron chi connectivity index (χ3n) is 4.88. The van der Waals surface area contributed by atoms with Crippen LogP contribution in [0.1, 0.15) is 46.5 Å². The van der Waals surface area contributed by atoms with Gasteiger partial charge in [-0.05, 0) is 49.1 Å². The second kappa shape index (κ2) is 6.37. The fourth-order valence-electron chi connectivity index (χ4n) is 3.33. The molecule has 0 aliphatic heterocycles. The van der Waals surface area contributed by atoms with E-state index in [2.05, 4.69) is 26.1 Å². The Morgan fingerprint density at radius 1 is 1.09 bits per heavy atom. The van der Waals surface area contributed by atoms with E-state index in [0.29, 0.717) is 5.41 Å². The first-order valence-electron chi connectivity index (χ1n) is 8.06. The molecule has 0 bridgehead atoms. The highest BCUT2D eigenvalue weighted by Crippen LogP contribution is 2.41. The van der Waals surface area contributed by atoms with Crippen LogP contribution in [0.5, 0.6) is 11.5 Å². The summed E-state index contributed by atoms with van der Waals surface area (Å²) < 4.78 is 10.6. The summed E-state index contributed by atoms with van der Waals surface area (Å²) >= 11 is 0. The van der Waals surface area contributed by atoms with E-state index < -0.39 is 0 Å².